The summed E-state index contributed by atoms with van der Waals surface area (Å²) in [5, 5.41) is 9.69. The predicted octanol–water partition coefficient (Wildman–Crippen LogP) is 4.16. The van der Waals surface area contributed by atoms with Gasteiger partial charge in [-0.15, -0.1) is 22.7 Å². The molecule has 11 heteroatoms. The summed E-state index contributed by atoms with van der Waals surface area (Å²) in [5.41, 5.74) is -0.0380. The van der Waals surface area contributed by atoms with Gasteiger partial charge in [-0.25, -0.2) is 18.2 Å². The Labute approximate surface area is 148 Å². The van der Waals surface area contributed by atoms with Crippen LogP contribution in [-0.4, -0.2) is 24.5 Å². The Kier molecular flexibility index (Phi) is 4.23. The number of carbonyl (C=O) groups is 1. The molecule has 3 aromatic rings. The van der Waals surface area contributed by atoms with Crippen molar-refractivity contribution in [1.29, 1.82) is 0 Å². The molecule has 23 heavy (non-hydrogen) atoms. The molecular formula is C12H6Cl2N2O4S3. The van der Waals surface area contributed by atoms with Gasteiger partial charge in [-0.2, -0.15) is 0 Å². The van der Waals surface area contributed by atoms with E-state index in [1.54, 1.807) is 12.1 Å². The number of nitrogens with zero attached hydrogens (tertiary/aromatic N) is 1. The van der Waals surface area contributed by atoms with Gasteiger partial charge in [0.15, 0.2) is 0 Å². The third-order valence-corrected chi connectivity index (χ3v) is 7.02. The summed E-state index contributed by atoms with van der Waals surface area (Å²) in [7, 11) is -4.08. The third kappa shape index (κ3) is 3.02. The molecule has 0 saturated carbocycles. The van der Waals surface area contributed by atoms with Crippen molar-refractivity contribution in [3.05, 3.63) is 37.9 Å². The highest BCUT2D eigenvalue weighted by Crippen LogP contribution is 2.39. The molecule has 0 atom stereocenters. The third-order valence-electron chi connectivity index (χ3n) is 2.81. The molecule has 0 aliphatic heterocycles. The number of anilines is 1. The van der Waals surface area contributed by atoms with Crippen molar-refractivity contribution in [3.63, 3.8) is 0 Å². The number of aromatic carboxylic acids is 1. The van der Waals surface area contributed by atoms with Crippen LogP contribution in [0.1, 0.15) is 9.67 Å². The van der Waals surface area contributed by atoms with Gasteiger partial charge < -0.3 is 5.11 Å². The van der Waals surface area contributed by atoms with Crippen LogP contribution in [-0.2, 0) is 10.0 Å². The molecule has 0 saturated heterocycles. The van der Waals surface area contributed by atoms with Crippen molar-refractivity contribution in [2.24, 2.45) is 0 Å². The number of carboxylic acids is 1. The molecule has 0 unspecified atom stereocenters. The topological polar surface area (TPSA) is 96.4 Å². The van der Waals surface area contributed by atoms with E-state index in [4.69, 9.17) is 23.2 Å². The highest BCUT2D eigenvalue weighted by atomic mass is 35.5. The standard InChI is InChI=1S/C12H6Cl2N2O4S3/c13-7-4-6(10(14)21-7)23(19,20)16-8-5-2-1-3-15-11(5)22-9(8)12(17)18/h1-4,16H,(H,17,18). The van der Waals surface area contributed by atoms with Crippen LogP contribution < -0.4 is 4.72 Å². The van der Waals surface area contributed by atoms with Gasteiger partial charge in [0, 0.05) is 11.6 Å². The summed E-state index contributed by atoms with van der Waals surface area (Å²) < 4.78 is 27.5. The van der Waals surface area contributed by atoms with E-state index in [1.165, 1.54) is 12.3 Å². The van der Waals surface area contributed by atoms with Crippen molar-refractivity contribution in [2.45, 2.75) is 4.90 Å². The number of nitrogens with one attached hydrogen (secondary N) is 1. The normalized spacial score (nSPS) is 11.7. The Morgan fingerprint density at radius 1 is 1.30 bits per heavy atom. The Bertz CT molecular complexity index is 1030. The molecule has 0 aliphatic rings. The highest BCUT2D eigenvalue weighted by Gasteiger charge is 2.26. The molecule has 0 fully saturated rings. The average Bonchev–Trinajstić information content (AvgIpc) is 3.00. The van der Waals surface area contributed by atoms with E-state index in [9.17, 15) is 18.3 Å². The quantitative estimate of drug-likeness (QED) is 0.675. The van der Waals surface area contributed by atoms with Gasteiger partial charge in [0.2, 0.25) is 0 Å². The van der Waals surface area contributed by atoms with Gasteiger partial charge in [-0.05, 0) is 18.2 Å². The fraction of sp³-hybridized carbons (Fsp3) is 0. The SMILES string of the molecule is O=C(O)c1sc2ncccc2c1NS(=O)(=O)c1cc(Cl)sc1Cl. The molecule has 6 nitrogen and oxygen atoms in total. The van der Waals surface area contributed by atoms with Gasteiger partial charge in [0.25, 0.3) is 10.0 Å². The Balaban J connectivity index is 2.16. The summed E-state index contributed by atoms with van der Waals surface area (Å²) in [6.45, 7) is 0. The van der Waals surface area contributed by atoms with Crippen molar-refractivity contribution in [2.75, 3.05) is 4.72 Å². The second-order valence-corrected chi connectivity index (χ2v) is 9.20. The van der Waals surface area contributed by atoms with E-state index >= 15 is 0 Å². The lowest BCUT2D eigenvalue weighted by molar-refractivity contribution is 0.0703. The molecule has 3 aromatic heterocycles. The summed E-state index contributed by atoms with van der Waals surface area (Å²) >= 11 is 13.4. The number of halogens is 2. The van der Waals surface area contributed by atoms with E-state index in [0.717, 1.165) is 22.7 Å². The number of rotatable bonds is 4. The number of aromatic nitrogens is 1. The van der Waals surface area contributed by atoms with E-state index in [1.807, 2.05) is 0 Å². The summed E-state index contributed by atoms with van der Waals surface area (Å²) in [6, 6.07) is 4.39. The lowest BCUT2D eigenvalue weighted by Crippen LogP contribution is -2.14. The molecule has 0 aliphatic carbocycles. The average molecular weight is 409 g/mol. The molecule has 0 amide bonds. The van der Waals surface area contributed by atoms with Gasteiger partial charge >= 0.3 is 5.97 Å². The molecule has 0 radical (unpaired) electrons. The molecule has 3 rings (SSSR count). The lowest BCUT2D eigenvalue weighted by atomic mass is 10.3. The van der Waals surface area contributed by atoms with E-state index in [2.05, 4.69) is 9.71 Å². The molecule has 0 spiro atoms. The lowest BCUT2D eigenvalue weighted by Gasteiger charge is -2.07. The number of fused-ring (bicyclic) bond motifs is 1. The first-order chi connectivity index (χ1) is 10.8. The predicted molar refractivity (Wildman–Crippen MR) is 91.7 cm³/mol. The monoisotopic (exact) mass is 408 g/mol. The van der Waals surface area contributed by atoms with E-state index in [-0.39, 0.29) is 24.1 Å². The first-order valence-corrected chi connectivity index (χ1v) is 9.75. The molecule has 120 valence electrons. The minimum Gasteiger partial charge on any atom is -0.477 e. The zero-order chi connectivity index (χ0) is 16.8. The summed E-state index contributed by atoms with van der Waals surface area (Å²) in [5.74, 6) is -1.25. The van der Waals surface area contributed by atoms with E-state index < -0.39 is 16.0 Å². The smallest absolute Gasteiger partial charge is 0.348 e. The highest BCUT2D eigenvalue weighted by molar-refractivity contribution is 7.93. The second-order valence-electron chi connectivity index (χ2n) is 4.26. The van der Waals surface area contributed by atoms with Gasteiger partial charge in [-0.3, -0.25) is 4.72 Å². The Hall–Kier alpha value is -1.39. The van der Waals surface area contributed by atoms with Crippen molar-refractivity contribution in [1.82, 2.24) is 4.98 Å². The number of hydrogen-bond donors (Lipinski definition) is 2. The van der Waals surface area contributed by atoms with Crippen LogP contribution in [0, 0.1) is 0 Å². The first-order valence-electron chi connectivity index (χ1n) is 5.88. The minimum absolute atomic E-state index is 0.00275. The number of thiophene rings is 2. The van der Waals surface area contributed by atoms with Gasteiger partial charge in [-0.1, -0.05) is 23.2 Å². The van der Waals surface area contributed by atoms with Crippen LogP contribution in [0.4, 0.5) is 5.69 Å². The largest absolute Gasteiger partial charge is 0.477 e. The van der Waals surface area contributed by atoms with E-state index in [0.29, 0.717) is 10.2 Å². The molecular weight excluding hydrogens is 403 g/mol. The van der Waals surface area contributed by atoms with Crippen LogP contribution in [0.25, 0.3) is 10.2 Å². The summed E-state index contributed by atoms with van der Waals surface area (Å²) in [4.78, 5) is 15.5. The zero-order valence-corrected chi connectivity index (χ0v) is 14.9. The van der Waals surface area contributed by atoms with Crippen molar-refractivity contribution < 1.29 is 18.3 Å². The first kappa shape index (κ1) is 16.5. The number of hydrogen-bond acceptors (Lipinski definition) is 6. The number of sulfonamides is 1. The van der Waals surface area contributed by atoms with Gasteiger partial charge in [0.05, 0.1) is 10.0 Å². The van der Waals surface area contributed by atoms with Crippen LogP contribution in [0.3, 0.4) is 0 Å². The molecule has 3 heterocycles. The van der Waals surface area contributed by atoms with Crippen LogP contribution in [0.15, 0.2) is 29.3 Å². The second kappa shape index (κ2) is 5.91. The Morgan fingerprint density at radius 3 is 2.65 bits per heavy atom. The van der Waals surface area contributed by atoms with Crippen molar-refractivity contribution in [3.8, 4) is 0 Å². The minimum atomic E-state index is -4.08. The maximum atomic E-state index is 12.5. The maximum Gasteiger partial charge on any atom is 0.348 e. The van der Waals surface area contributed by atoms with Crippen molar-refractivity contribution >= 4 is 77.8 Å². The van der Waals surface area contributed by atoms with Crippen LogP contribution in [0.2, 0.25) is 8.67 Å². The zero-order valence-electron chi connectivity index (χ0n) is 10.9. The Morgan fingerprint density at radius 2 is 2.04 bits per heavy atom. The number of pyridine rings is 1. The number of carboxylic acid groups (broad SMARTS) is 1. The van der Waals surface area contributed by atoms with Crippen LogP contribution in [0.5, 0.6) is 0 Å². The van der Waals surface area contributed by atoms with Crippen LogP contribution >= 0.6 is 45.9 Å². The molecule has 2 N–H and O–H groups in total. The fourth-order valence-electron chi connectivity index (χ4n) is 1.88. The maximum absolute atomic E-state index is 12.5. The van der Waals surface area contributed by atoms with Gasteiger partial charge in [0.1, 0.15) is 18.9 Å². The summed E-state index contributed by atoms with van der Waals surface area (Å²) in [6.07, 6.45) is 1.50. The molecule has 0 aromatic carbocycles. The fourth-order valence-corrected chi connectivity index (χ4v) is 6.13. The molecule has 0 bridgehead atoms.